The number of amides is 1. The van der Waals surface area contributed by atoms with Crippen LogP contribution in [0.25, 0.3) is 5.65 Å². The van der Waals surface area contributed by atoms with Crippen LogP contribution in [-0.2, 0) is 4.74 Å². The van der Waals surface area contributed by atoms with Crippen molar-refractivity contribution in [2.24, 2.45) is 5.10 Å². The van der Waals surface area contributed by atoms with E-state index < -0.39 is 0 Å². The number of hydrogen-bond donors (Lipinski definition) is 1. The summed E-state index contributed by atoms with van der Waals surface area (Å²) in [6.45, 7) is 5.20. The van der Waals surface area contributed by atoms with E-state index in [9.17, 15) is 9.59 Å². The Kier molecular flexibility index (Phi) is 5.58. The largest absolute Gasteiger partial charge is 0.372 e. The molecule has 154 valence electrons. The van der Waals surface area contributed by atoms with Crippen molar-refractivity contribution < 1.29 is 9.53 Å². The van der Waals surface area contributed by atoms with Crippen molar-refractivity contribution in [3.05, 3.63) is 76.2 Å². The molecule has 2 aromatic heterocycles. The van der Waals surface area contributed by atoms with E-state index >= 15 is 0 Å². The molecule has 1 aliphatic heterocycles. The first-order chi connectivity index (χ1) is 14.5. The quantitative estimate of drug-likeness (QED) is 0.530. The van der Waals surface area contributed by atoms with E-state index in [1.54, 1.807) is 42.6 Å². The molecular formula is C22H23N5O3. The maximum atomic E-state index is 13.2. The van der Waals surface area contributed by atoms with Crippen LogP contribution in [0.3, 0.4) is 0 Å². The van der Waals surface area contributed by atoms with E-state index in [1.165, 1.54) is 10.6 Å². The lowest BCUT2D eigenvalue weighted by molar-refractivity contribution is -0.00546. The Morgan fingerprint density at radius 2 is 1.83 bits per heavy atom. The van der Waals surface area contributed by atoms with Gasteiger partial charge in [-0.05, 0) is 38.1 Å². The van der Waals surface area contributed by atoms with Crippen LogP contribution < -0.4 is 15.9 Å². The Labute approximate surface area is 173 Å². The average molecular weight is 405 g/mol. The van der Waals surface area contributed by atoms with E-state index in [2.05, 4.69) is 10.5 Å². The highest BCUT2D eigenvalue weighted by molar-refractivity contribution is 5.95. The number of benzene rings is 1. The Morgan fingerprint density at radius 1 is 1.13 bits per heavy atom. The number of hydrogen-bond acceptors (Lipinski definition) is 6. The Bertz CT molecular complexity index is 1130. The van der Waals surface area contributed by atoms with Crippen molar-refractivity contribution >= 4 is 23.6 Å². The lowest BCUT2D eigenvalue weighted by atomic mass is 10.2. The van der Waals surface area contributed by atoms with Gasteiger partial charge in [-0.2, -0.15) is 5.10 Å². The summed E-state index contributed by atoms with van der Waals surface area (Å²) in [6, 6.07) is 14.2. The van der Waals surface area contributed by atoms with E-state index in [0.717, 1.165) is 0 Å². The second kappa shape index (κ2) is 8.46. The summed E-state index contributed by atoms with van der Waals surface area (Å²) < 4.78 is 7.28. The van der Waals surface area contributed by atoms with E-state index in [-0.39, 0.29) is 23.7 Å². The van der Waals surface area contributed by atoms with Gasteiger partial charge in [0.1, 0.15) is 17.0 Å². The van der Waals surface area contributed by atoms with Gasteiger partial charge in [-0.25, -0.2) is 10.4 Å². The van der Waals surface area contributed by atoms with Crippen LogP contribution in [0.15, 0.2) is 64.6 Å². The summed E-state index contributed by atoms with van der Waals surface area (Å²) in [5, 5.41) is 4.04. The monoisotopic (exact) mass is 405 g/mol. The van der Waals surface area contributed by atoms with Gasteiger partial charge < -0.3 is 9.64 Å². The summed E-state index contributed by atoms with van der Waals surface area (Å²) in [5.41, 5.74) is 3.58. The van der Waals surface area contributed by atoms with Gasteiger partial charge in [0.25, 0.3) is 11.5 Å². The molecule has 1 amide bonds. The molecule has 1 fully saturated rings. The second-order valence-electron chi connectivity index (χ2n) is 7.31. The van der Waals surface area contributed by atoms with Gasteiger partial charge in [-0.1, -0.05) is 24.3 Å². The van der Waals surface area contributed by atoms with Crippen LogP contribution in [-0.4, -0.2) is 46.8 Å². The first-order valence-electron chi connectivity index (χ1n) is 9.83. The molecule has 0 aliphatic carbocycles. The Balaban J connectivity index is 1.71. The lowest BCUT2D eigenvalue weighted by Gasteiger charge is -2.36. The number of carbonyl (C=O) groups is 1. The number of anilines is 1. The molecule has 1 aliphatic rings. The average Bonchev–Trinajstić information content (AvgIpc) is 2.75. The molecule has 0 radical (unpaired) electrons. The van der Waals surface area contributed by atoms with Gasteiger partial charge in [0.2, 0.25) is 0 Å². The molecule has 8 heteroatoms. The molecule has 0 unspecified atom stereocenters. The molecule has 8 nitrogen and oxygen atoms in total. The third kappa shape index (κ3) is 4.08. The van der Waals surface area contributed by atoms with Gasteiger partial charge in [-0.15, -0.1) is 0 Å². The topological polar surface area (TPSA) is 88.3 Å². The highest BCUT2D eigenvalue weighted by Gasteiger charge is 2.26. The summed E-state index contributed by atoms with van der Waals surface area (Å²) in [6.07, 6.45) is 3.05. The second-order valence-corrected chi connectivity index (χ2v) is 7.31. The van der Waals surface area contributed by atoms with Crippen molar-refractivity contribution in [3.8, 4) is 0 Å². The van der Waals surface area contributed by atoms with Crippen molar-refractivity contribution in [1.29, 1.82) is 0 Å². The minimum Gasteiger partial charge on any atom is -0.372 e. The van der Waals surface area contributed by atoms with E-state index in [4.69, 9.17) is 9.72 Å². The number of ether oxygens (including phenoxy) is 1. The molecule has 1 aromatic carbocycles. The van der Waals surface area contributed by atoms with Crippen LogP contribution in [0.5, 0.6) is 0 Å². The molecule has 30 heavy (non-hydrogen) atoms. The molecule has 1 N–H and O–H groups in total. The number of pyridine rings is 1. The molecule has 3 heterocycles. The summed E-state index contributed by atoms with van der Waals surface area (Å²) in [7, 11) is 0. The zero-order valence-corrected chi connectivity index (χ0v) is 16.9. The van der Waals surface area contributed by atoms with Crippen LogP contribution in [0.2, 0.25) is 0 Å². The summed E-state index contributed by atoms with van der Waals surface area (Å²) in [4.78, 5) is 32.2. The smallest absolute Gasteiger partial charge is 0.271 e. The molecule has 0 saturated carbocycles. The molecular weight excluding hydrogens is 382 g/mol. The van der Waals surface area contributed by atoms with Crippen LogP contribution in [0, 0.1) is 0 Å². The minimum absolute atomic E-state index is 0.00680. The predicted molar refractivity (Wildman–Crippen MR) is 115 cm³/mol. The number of rotatable bonds is 4. The number of fused-ring (bicyclic) bond motifs is 1. The number of nitrogens with zero attached hydrogens (tertiary/aromatic N) is 4. The molecule has 2 atom stereocenters. The van der Waals surface area contributed by atoms with Crippen molar-refractivity contribution in [2.75, 3.05) is 18.0 Å². The van der Waals surface area contributed by atoms with Gasteiger partial charge in [0.05, 0.1) is 18.4 Å². The van der Waals surface area contributed by atoms with Crippen LogP contribution in [0.4, 0.5) is 5.82 Å². The third-order valence-electron chi connectivity index (χ3n) is 4.86. The standard InChI is InChI=1S/C22H23N5O3/c1-15-13-26(14-16(2)30-15)20-18(22(29)27-11-7-6-10-19(27)24-20)12-23-25-21(28)17-8-4-3-5-9-17/h3-12,15-16H,13-14H2,1-2H3,(H,25,28)/b23-12-/t15-,16+. The van der Waals surface area contributed by atoms with Crippen LogP contribution in [0.1, 0.15) is 29.8 Å². The zero-order chi connectivity index (χ0) is 21.1. The van der Waals surface area contributed by atoms with Crippen LogP contribution >= 0.6 is 0 Å². The van der Waals surface area contributed by atoms with Gasteiger partial charge in [0.15, 0.2) is 0 Å². The minimum atomic E-state index is -0.351. The number of morpholine rings is 1. The fraction of sp³-hybridized carbons (Fsp3) is 0.273. The summed E-state index contributed by atoms with van der Waals surface area (Å²) >= 11 is 0. The molecule has 1 saturated heterocycles. The van der Waals surface area contributed by atoms with Crippen molar-refractivity contribution in [1.82, 2.24) is 14.8 Å². The molecule has 0 spiro atoms. The zero-order valence-electron chi connectivity index (χ0n) is 16.9. The van der Waals surface area contributed by atoms with Crippen molar-refractivity contribution in [2.45, 2.75) is 26.1 Å². The fourth-order valence-corrected chi connectivity index (χ4v) is 3.61. The number of hydrazone groups is 1. The molecule has 0 bridgehead atoms. The molecule has 4 rings (SSSR count). The van der Waals surface area contributed by atoms with Gasteiger partial charge in [-0.3, -0.25) is 14.0 Å². The maximum Gasteiger partial charge on any atom is 0.271 e. The predicted octanol–water partition coefficient (Wildman–Crippen LogP) is 2.07. The highest BCUT2D eigenvalue weighted by Crippen LogP contribution is 2.20. The normalized spacial score (nSPS) is 19.3. The SMILES string of the molecule is C[C@@H]1CN(c2nc3ccccn3c(=O)c2/C=N\NC(=O)c2ccccc2)C[C@H](C)O1. The van der Waals surface area contributed by atoms with E-state index in [0.29, 0.717) is 35.7 Å². The number of carbonyl (C=O) groups excluding carboxylic acids is 1. The van der Waals surface area contributed by atoms with Gasteiger partial charge in [0, 0.05) is 24.8 Å². The lowest BCUT2D eigenvalue weighted by Crippen LogP contribution is -2.47. The highest BCUT2D eigenvalue weighted by atomic mass is 16.5. The summed E-state index contributed by atoms with van der Waals surface area (Å²) in [5.74, 6) is 0.182. The first-order valence-corrected chi connectivity index (χ1v) is 9.83. The fourth-order valence-electron chi connectivity index (χ4n) is 3.61. The Morgan fingerprint density at radius 3 is 2.57 bits per heavy atom. The number of nitrogens with one attached hydrogen (secondary N) is 1. The Hall–Kier alpha value is -3.52. The van der Waals surface area contributed by atoms with Crippen molar-refractivity contribution in [3.63, 3.8) is 0 Å². The van der Waals surface area contributed by atoms with E-state index in [1.807, 2.05) is 30.9 Å². The first kappa shape index (κ1) is 19.8. The third-order valence-corrected chi connectivity index (χ3v) is 4.86. The molecule has 3 aromatic rings. The number of aromatic nitrogens is 2. The maximum absolute atomic E-state index is 13.2. The van der Waals surface area contributed by atoms with Gasteiger partial charge >= 0.3 is 0 Å².